The molecular formula is C20H24Cl2N2O4S. The largest absolute Gasteiger partial charge is 0.484 e. The topological polar surface area (TPSA) is 84.5 Å². The number of amides is 1. The molecule has 0 saturated heterocycles. The van der Waals surface area contributed by atoms with E-state index in [-0.39, 0.29) is 29.9 Å². The molecular weight excluding hydrogens is 435 g/mol. The summed E-state index contributed by atoms with van der Waals surface area (Å²) in [5.74, 6) is 0.313. The van der Waals surface area contributed by atoms with Crippen LogP contribution in [0.2, 0.25) is 10.0 Å². The lowest BCUT2D eigenvalue weighted by Gasteiger charge is -2.13. The highest BCUT2D eigenvalue weighted by Gasteiger charge is 2.16. The van der Waals surface area contributed by atoms with E-state index in [1.807, 2.05) is 13.8 Å². The van der Waals surface area contributed by atoms with E-state index in [4.69, 9.17) is 27.9 Å². The molecule has 2 rings (SSSR count). The Morgan fingerprint density at radius 2 is 1.86 bits per heavy atom. The maximum absolute atomic E-state index is 12.3. The fourth-order valence-electron chi connectivity index (χ4n) is 2.36. The van der Waals surface area contributed by atoms with Gasteiger partial charge in [-0.25, -0.2) is 13.1 Å². The zero-order valence-corrected chi connectivity index (χ0v) is 18.8. The molecule has 0 aliphatic heterocycles. The molecule has 0 fully saturated rings. The van der Waals surface area contributed by atoms with Gasteiger partial charge in [0, 0.05) is 23.1 Å². The van der Waals surface area contributed by atoms with E-state index in [2.05, 4.69) is 10.0 Å². The van der Waals surface area contributed by atoms with Crippen molar-refractivity contribution in [3.05, 3.63) is 57.6 Å². The van der Waals surface area contributed by atoms with E-state index in [1.54, 1.807) is 31.2 Å². The van der Waals surface area contributed by atoms with E-state index >= 15 is 0 Å². The molecule has 0 unspecified atom stereocenters. The van der Waals surface area contributed by atoms with Gasteiger partial charge >= 0.3 is 0 Å². The summed E-state index contributed by atoms with van der Waals surface area (Å²) in [6.07, 6.45) is 0. The highest BCUT2D eigenvalue weighted by Crippen LogP contribution is 2.22. The number of rotatable bonds is 9. The summed E-state index contributed by atoms with van der Waals surface area (Å²) < 4.78 is 32.7. The zero-order chi connectivity index (χ0) is 21.6. The van der Waals surface area contributed by atoms with E-state index in [1.165, 1.54) is 12.1 Å². The Balaban J connectivity index is 1.92. The summed E-state index contributed by atoms with van der Waals surface area (Å²) in [6.45, 7) is 5.98. The van der Waals surface area contributed by atoms with Crippen molar-refractivity contribution in [1.29, 1.82) is 0 Å². The number of halogens is 2. The number of carbonyl (C=O) groups is 1. The average molecular weight is 459 g/mol. The van der Waals surface area contributed by atoms with Gasteiger partial charge in [0.25, 0.3) is 5.91 Å². The predicted octanol–water partition coefficient (Wildman–Crippen LogP) is 3.93. The molecule has 2 N–H and O–H groups in total. The van der Waals surface area contributed by atoms with Gasteiger partial charge in [-0.05, 0) is 54.3 Å². The van der Waals surface area contributed by atoms with Gasteiger partial charge in [0.15, 0.2) is 6.61 Å². The summed E-state index contributed by atoms with van der Waals surface area (Å²) in [5.41, 5.74) is 1.36. The van der Waals surface area contributed by atoms with Gasteiger partial charge in [-0.2, -0.15) is 0 Å². The lowest BCUT2D eigenvalue weighted by molar-refractivity contribution is -0.123. The van der Waals surface area contributed by atoms with E-state index < -0.39 is 10.0 Å². The number of nitrogens with one attached hydrogen (secondary N) is 2. The number of hydrogen-bond acceptors (Lipinski definition) is 4. The first-order chi connectivity index (χ1) is 13.6. The van der Waals surface area contributed by atoms with Gasteiger partial charge < -0.3 is 10.1 Å². The summed E-state index contributed by atoms with van der Waals surface area (Å²) >= 11 is 11.9. The number of benzene rings is 2. The van der Waals surface area contributed by atoms with Crippen LogP contribution in [0.1, 0.15) is 25.0 Å². The van der Waals surface area contributed by atoms with Crippen molar-refractivity contribution in [3.8, 4) is 5.75 Å². The molecule has 0 bridgehead atoms. The molecule has 9 heteroatoms. The van der Waals surface area contributed by atoms with E-state index in [0.717, 1.165) is 5.56 Å². The fraction of sp³-hybridized carbons (Fsp3) is 0.350. The molecule has 2 aromatic rings. The van der Waals surface area contributed by atoms with Crippen molar-refractivity contribution in [2.24, 2.45) is 5.92 Å². The molecule has 0 aliphatic rings. The van der Waals surface area contributed by atoms with Crippen molar-refractivity contribution in [2.75, 3.05) is 13.2 Å². The molecule has 0 saturated carbocycles. The van der Waals surface area contributed by atoms with Crippen LogP contribution in [0.3, 0.4) is 0 Å². The number of aryl methyl sites for hydroxylation is 1. The standard InChI is InChI=1S/C20H24Cl2N2O4S/c1-13(2)10-24-29(26,27)17-6-7-19(14(3)8-17)28-12-20(25)23-11-15-4-5-16(21)9-18(15)22/h4-9,13,24H,10-12H2,1-3H3,(H,23,25). The molecule has 0 aliphatic carbocycles. The molecule has 158 valence electrons. The second kappa shape index (κ2) is 10.3. The minimum atomic E-state index is -3.58. The van der Waals surface area contributed by atoms with Crippen LogP contribution in [0, 0.1) is 12.8 Å². The van der Waals surface area contributed by atoms with Crippen LogP contribution in [0.15, 0.2) is 41.3 Å². The molecule has 2 aromatic carbocycles. The summed E-state index contributed by atoms with van der Waals surface area (Å²) in [5, 5.41) is 3.71. The van der Waals surface area contributed by atoms with Crippen molar-refractivity contribution >= 4 is 39.1 Å². The maximum atomic E-state index is 12.3. The Morgan fingerprint density at radius 1 is 1.14 bits per heavy atom. The normalized spacial score (nSPS) is 11.5. The van der Waals surface area contributed by atoms with Crippen molar-refractivity contribution in [1.82, 2.24) is 10.0 Å². The number of carbonyl (C=O) groups excluding carboxylic acids is 1. The highest BCUT2D eigenvalue weighted by molar-refractivity contribution is 7.89. The minimum absolute atomic E-state index is 0.157. The van der Waals surface area contributed by atoms with Crippen molar-refractivity contribution < 1.29 is 17.9 Å². The van der Waals surface area contributed by atoms with Crippen LogP contribution in [-0.2, 0) is 21.4 Å². The summed E-state index contributed by atoms with van der Waals surface area (Å²) in [6, 6.07) is 9.56. The van der Waals surface area contributed by atoms with Crippen LogP contribution >= 0.6 is 23.2 Å². The Labute approximate surface area is 181 Å². The smallest absolute Gasteiger partial charge is 0.258 e. The third-order valence-corrected chi connectivity index (χ3v) is 6.00. The Morgan fingerprint density at radius 3 is 2.48 bits per heavy atom. The Kier molecular flexibility index (Phi) is 8.34. The highest BCUT2D eigenvalue weighted by atomic mass is 35.5. The monoisotopic (exact) mass is 458 g/mol. The predicted molar refractivity (Wildman–Crippen MR) is 115 cm³/mol. The third kappa shape index (κ3) is 7.19. The SMILES string of the molecule is Cc1cc(S(=O)(=O)NCC(C)C)ccc1OCC(=O)NCc1ccc(Cl)cc1Cl. The van der Waals surface area contributed by atoms with Gasteiger partial charge in [0.05, 0.1) is 4.90 Å². The second-order valence-electron chi connectivity index (χ2n) is 6.97. The van der Waals surface area contributed by atoms with Gasteiger partial charge in [-0.3, -0.25) is 4.79 Å². The first kappa shape index (κ1) is 23.5. The number of hydrogen-bond donors (Lipinski definition) is 2. The molecule has 0 radical (unpaired) electrons. The Bertz CT molecular complexity index is 978. The van der Waals surface area contributed by atoms with E-state index in [0.29, 0.717) is 27.9 Å². The summed E-state index contributed by atoms with van der Waals surface area (Å²) in [4.78, 5) is 12.2. The Hall–Kier alpha value is -1.80. The zero-order valence-electron chi connectivity index (χ0n) is 16.5. The maximum Gasteiger partial charge on any atom is 0.258 e. The van der Waals surface area contributed by atoms with Crippen LogP contribution < -0.4 is 14.8 Å². The average Bonchev–Trinajstić information content (AvgIpc) is 2.64. The van der Waals surface area contributed by atoms with Gasteiger partial charge in [-0.1, -0.05) is 43.1 Å². The molecule has 29 heavy (non-hydrogen) atoms. The van der Waals surface area contributed by atoms with E-state index in [9.17, 15) is 13.2 Å². The van der Waals surface area contributed by atoms with Crippen LogP contribution in [0.4, 0.5) is 0 Å². The number of sulfonamides is 1. The van der Waals surface area contributed by atoms with Gasteiger partial charge in [0.1, 0.15) is 5.75 Å². The van der Waals surface area contributed by atoms with Crippen LogP contribution in [0.5, 0.6) is 5.75 Å². The summed E-state index contributed by atoms with van der Waals surface area (Å²) in [7, 11) is -3.58. The molecule has 0 aromatic heterocycles. The van der Waals surface area contributed by atoms with Crippen molar-refractivity contribution in [3.63, 3.8) is 0 Å². The molecule has 0 heterocycles. The quantitative estimate of drug-likeness (QED) is 0.595. The first-order valence-electron chi connectivity index (χ1n) is 9.02. The second-order valence-corrected chi connectivity index (χ2v) is 9.58. The van der Waals surface area contributed by atoms with Crippen molar-refractivity contribution in [2.45, 2.75) is 32.2 Å². The molecule has 0 atom stereocenters. The minimum Gasteiger partial charge on any atom is -0.484 e. The lowest BCUT2D eigenvalue weighted by Crippen LogP contribution is -2.29. The molecule has 6 nitrogen and oxygen atoms in total. The molecule has 1 amide bonds. The molecule has 0 spiro atoms. The van der Waals surface area contributed by atoms with Gasteiger partial charge in [-0.15, -0.1) is 0 Å². The van der Waals surface area contributed by atoms with Gasteiger partial charge in [0.2, 0.25) is 10.0 Å². The lowest BCUT2D eigenvalue weighted by atomic mass is 10.2. The number of ether oxygens (including phenoxy) is 1. The third-order valence-electron chi connectivity index (χ3n) is 3.99. The van der Waals surface area contributed by atoms with Crippen LogP contribution in [-0.4, -0.2) is 27.5 Å². The first-order valence-corrected chi connectivity index (χ1v) is 11.3. The fourth-order valence-corrected chi connectivity index (χ4v) is 4.14. The van der Waals surface area contributed by atoms with Crippen LogP contribution in [0.25, 0.3) is 0 Å².